The van der Waals surface area contributed by atoms with E-state index in [0.717, 1.165) is 11.1 Å². The number of aromatic nitrogens is 4. The van der Waals surface area contributed by atoms with Crippen LogP contribution in [0.4, 0.5) is 0 Å². The molecule has 5 heterocycles. The van der Waals surface area contributed by atoms with Crippen molar-refractivity contribution in [2.24, 2.45) is 0 Å². The highest BCUT2D eigenvalue weighted by Gasteiger charge is 2.21. The number of H-pyrrole nitrogens is 2. The molecule has 0 spiro atoms. The first-order chi connectivity index (χ1) is 28.6. The molecule has 5 N–H and O–H groups in total. The van der Waals surface area contributed by atoms with Crippen molar-refractivity contribution in [3.63, 3.8) is 0 Å². The number of fused-ring (bicyclic) bond motifs is 8. The average molecular weight is 855 g/mol. The van der Waals surface area contributed by atoms with Crippen LogP contribution in [0, 0.1) is 0 Å². The van der Waals surface area contributed by atoms with Crippen LogP contribution in [0.5, 0.6) is 0 Å². The van der Waals surface area contributed by atoms with E-state index in [-0.39, 0.29) is 14.7 Å². The molecule has 9 rings (SSSR count). The Labute approximate surface area is 343 Å². The first kappa shape index (κ1) is 38.7. The second-order valence-electron chi connectivity index (χ2n) is 13.9. The number of benzene rings is 4. The fourth-order valence-corrected chi connectivity index (χ4v) is 8.85. The Hall–Kier alpha value is -6.79. The van der Waals surface area contributed by atoms with E-state index in [2.05, 4.69) is 9.97 Å². The van der Waals surface area contributed by atoms with Crippen LogP contribution in [0.25, 0.3) is 90.9 Å². The van der Waals surface area contributed by atoms with Crippen molar-refractivity contribution in [2.45, 2.75) is 14.7 Å². The van der Waals surface area contributed by atoms with Gasteiger partial charge in [-0.1, -0.05) is 66.7 Å². The highest BCUT2D eigenvalue weighted by atomic mass is 32.2. The van der Waals surface area contributed by atoms with Crippen LogP contribution in [-0.2, 0) is 30.4 Å². The maximum absolute atomic E-state index is 12.0. The molecule has 2 aliphatic rings. The van der Waals surface area contributed by atoms with Crippen LogP contribution in [0.1, 0.15) is 22.8 Å². The summed E-state index contributed by atoms with van der Waals surface area (Å²) in [5.41, 5.74) is 9.60. The number of aromatic amines is 2. The van der Waals surface area contributed by atoms with E-state index >= 15 is 0 Å². The highest BCUT2D eigenvalue weighted by molar-refractivity contribution is 7.86. The van der Waals surface area contributed by atoms with Crippen molar-refractivity contribution in [3.05, 3.63) is 150 Å². The third-order valence-corrected chi connectivity index (χ3v) is 12.7. The third-order valence-electron chi connectivity index (χ3n) is 10.1. The average Bonchev–Trinajstić information content (AvgIpc) is 4.06. The summed E-state index contributed by atoms with van der Waals surface area (Å²) in [5, 5.41) is 0. The molecule has 0 radical (unpaired) electrons. The number of hydrogen-bond donors (Lipinski definition) is 5. The van der Waals surface area contributed by atoms with E-state index in [1.165, 1.54) is 36.4 Å². The monoisotopic (exact) mass is 854 g/mol. The van der Waals surface area contributed by atoms with Gasteiger partial charge in [-0.3, -0.25) is 13.7 Å². The number of nitrogens with one attached hydrogen (secondary N) is 2. The van der Waals surface area contributed by atoms with Crippen LogP contribution in [0.15, 0.2) is 142 Å². The van der Waals surface area contributed by atoms with Crippen LogP contribution in [-0.4, -0.2) is 58.8 Å². The molecule has 16 heteroatoms. The Morgan fingerprint density at radius 2 is 0.583 bits per heavy atom. The maximum atomic E-state index is 12.0. The van der Waals surface area contributed by atoms with E-state index in [1.807, 2.05) is 66.7 Å². The molecule has 7 aromatic rings. The zero-order chi connectivity index (χ0) is 42.0. The Kier molecular flexibility index (Phi) is 9.35. The van der Waals surface area contributed by atoms with Crippen LogP contribution in [0.2, 0.25) is 0 Å². The summed E-state index contributed by atoms with van der Waals surface area (Å²) in [4.78, 5) is 16.5. The Morgan fingerprint density at radius 3 is 0.833 bits per heavy atom. The van der Waals surface area contributed by atoms with Crippen LogP contribution >= 0.6 is 0 Å². The molecule has 0 saturated carbocycles. The van der Waals surface area contributed by atoms with Crippen molar-refractivity contribution >= 4 is 76.7 Å². The van der Waals surface area contributed by atoms with Gasteiger partial charge in [-0.05, 0) is 107 Å². The van der Waals surface area contributed by atoms with Gasteiger partial charge in [0.15, 0.2) is 0 Å². The van der Waals surface area contributed by atoms with E-state index < -0.39 is 30.4 Å². The molecule has 3 aromatic heterocycles. The van der Waals surface area contributed by atoms with Crippen molar-refractivity contribution in [1.82, 2.24) is 19.9 Å². The summed E-state index contributed by atoms with van der Waals surface area (Å²) in [6.07, 6.45) is 7.33. The van der Waals surface area contributed by atoms with Gasteiger partial charge in [0.1, 0.15) is 0 Å². The van der Waals surface area contributed by atoms with Gasteiger partial charge in [-0.15, -0.1) is 0 Å². The van der Waals surface area contributed by atoms with Gasteiger partial charge in [0.25, 0.3) is 30.4 Å². The molecule has 60 heavy (non-hydrogen) atoms. The molecule has 298 valence electrons. The zero-order valence-electron chi connectivity index (χ0n) is 30.8. The second kappa shape index (κ2) is 14.5. The molecule has 0 fully saturated rings. The van der Waals surface area contributed by atoms with Crippen molar-refractivity contribution < 1.29 is 38.9 Å². The fraction of sp³-hybridized carbons (Fsp3) is 0. The predicted octanol–water partition coefficient (Wildman–Crippen LogP) is 9.06. The van der Waals surface area contributed by atoms with Gasteiger partial charge >= 0.3 is 0 Å². The summed E-state index contributed by atoms with van der Waals surface area (Å²) in [5.74, 6) is 0. The fourth-order valence-electron chi connectivity index (χ4n) is 7.41. The smallest absolute Gasteiger partial charge is 0.294 e. The molecule has 4 aromatic carbocycles. The summed E-state index contributed by atoms with van der Waals surface area (Å²) in [7, 11) is -13.5. The van der Waals surface area contributed by atoms with Crippen molar-refractivity contribution in [2.75, 3.05) is 0 Å². The van der Waals surface area contributed by atoms with Crippen LogP contribution < -0.4 is 0 Å². The highest BCUT2D eigenvalue weighted by Crippen LogP contribution is 2.39. The summed E-state index contributed by atoms with van der Waals surface area (Å²) in [6.45, 7) is 0. The molecule has 0 aliphatic carbocycles. The molecule has 0 atom stereocenters. The SMILES string of the molecule is O=S(=O)(O)c1ccc(-c2c3nc(c(-c4ccc(S(=O)(=O)O)cc4)c4ccc([nH]4)c(-c4ccc(S(=O)(=O)O)cc4)c4nc(c(-c5ccccc5)c5ccc2[nH]5)C=C4)C=C3)cc1. The van der Waals surface area contributed by atoms with E-state index in [9.17, 15) is 38.9 Å². The Balaban J connectivity index is 1.44. The molecule has 8 bridgehead atoms. The number of nitrogens with zero attached hydrogens (tertiary/aromatic N) is 2. The largest absolute Gasteiger partial charge is 0.354 e. The summed E-state index contributed by atoms with van der Waals surface area (Å²) in [6, 6.07) is 34.3. The van der Waals surface area contributed by atoms with Gasteiger partial charge in [0.05, 0.1) is 37.5 Å². The lowest BCUT2D eigenvalue weighted by atomic mass is 10.0. The van der Waals surface area contributed by atoms with E-state index in [4.69, 9.17) is 9.97 Å². The summed E-state index contributed by atoms with van der Waals surface area (Å²) < 4.78 is 101. The van der Waals surface area contributed by atoms with Crippen LogP contribution in [0.3, 0.4) is 0 Å². The van der Waals surface area contributed by atoms with E-state index in [1.54, 1.807) is 48.6 Å². The third kappa shape index (κ3) is 7.28. The Bertz CT molecular complexity index is 3400. The van der Waals surface area contributed by atoms with Gasteiger partial charge in [-0.2, -0.15) is 25.3 Å². The number of rotatable bonds is 7. The zero-order valence-corrected chi connectivity index (χ0v) is 33.3. The molecular weight excluding hydrogens is 825 g/mol. The van der Waals surface area contributed by atoms with Crippen molar-refractivity contribution in [3.8, 4) is 44.5 Å². The number of hydrogen-bond acceptors (Lipinski definition) is 8. The molecular formula is C44H30N4O9S3. The van der Waals surface area contributed by atoms with Gasteiger partial charge in [-0.25, -0.2) is 9.97 Å². The minimum absolute atomic E-state index is 0.279. The molecule has 13 nitrogen and oxygen atoms in total. The molecule has 0 saturated heterocycles. The standard InChI is InChI=1S/C44H30N4O9S3/c49-58(50,51)30-12-6-27(7-13-30)42-35-20-18-33(45-35)41(26-4-2-1-3-5-26)34-19-21-36(46-34)43(28-8-14-31(15-9-28)59(52,53)54)38-23-25-40(48-38)44(39-24-22-37(42)47-39)29-10-16-32(17-11-29)60(55,56)57/h1-25,45,48H,(H,49,50,51)(H,52,53,54)(H,55,56,57). The minimum atomic E-state index is -4.50. The summed E-state index contributed by atoms with van der Waals surface area (Å²) >= 11 is 0. The lowest BCUT2D eigenvalue weighted by Crippen LogP contribution is -1.97. The molecule has 0 unspecified atom stereocenters. The van der Waals surface area contributed by atoms with Gasteiger partial charge in [0.2, 0.25) is 0 Å². The lowest BCUT2D eigenvalue weighted by molar-refractivity contribution is 0.481. The Morgan fingerprint density at radius 1 is 0.333 bits per heavy atom. The first-order valence-corrected chi connectivity index (χ1v) is 22.4. The lowest BCUT2D eigenvalue weighted by Gasteiger charge is -2.08. The normalized spacial score (nSPS) is 12.8. The van der Waals surface area contributed by atoms with Gasteiger partial charge in [0, 0.05) is 44.3 Å². The first-order valence-electron chi connectivity index (χ1n) is 18.1. The predicted molar refractivity (Wildman–Crippen MR) is 230 cm³/mol. The maximum Gasteiger partial charge on any atom is 0.294 e. The molecule has 0 amide bonds. The van der Waals surface area contributed by atoms with Crippen molar-refractivity contribution in [1.29, 1.82) is 0 Å². The van der Waals surface area contributed by atoms with Gasteiger partial charge < -0.3 is 9.97 Å². The second-order valence-corrected chi connectivity index (χ2v) is 18.1. The minimum Gasteiger partial charge on any atom is -0.354 e. The topological polar surface area (TPSA) is 220 Å². The van der Waals surface area contributed by atoms with E-state index in [0.29, 0.717) is 78.2 Å². The molecule has 2 aliphatic heterocycles. The quantitative estimate of drug-likeness (QED) is 0.0952.